The molecule has 4 nitrogen and oxygen atoms in total. The lowest BCUT2D eigenvalue weighted by Crippen LogP contribution is -2.40. The lowest BCUT2D eigenvalue weighted by molar-refractivity contribution is -0.122. The van der Waals surface area contributed by atoms with Gasteiger partial charge < -0.3 is 10.6 Å². The Labute approximate surface area is 106 Å². The van der Waals surface area contributed by atoms with Crippen LogP contribution >= 0.6 is 0 Å². The van der Waals surface area contributed by atoms with Crippen LogP contribution in [0, 0.1) is 0 Å². The molecule has 18 heavy (non-hydrogen) atoms. The molecule has 0 aliphatic rings. The second kappa shape index (κ2) is 5.60. The minimum Gasteiger partial charge on any atom is -0.358 e. The van der Waals surface area contributed by atoms with Crippen molar-refractivity contribution in [1.29, 1.82) is 0 Å². The first-order valence-electron chi connectivity index (χ1n) is 5.98. The highest BCUT2D eigenvalue weighted by molar-refractivity contribution is 5.82. The van der Waals surface area contributed by atoms with Crippen molar-refractivity contribution in [2.75, 3.05) is 7.05 Å². The fourth-order valence-corrected chi connectivity index (χ4v) is 1.82. The number of likely N-dealkylation sites (N-methyl/N-ethyl adjacent to an activating group) is 1. The van der Waals surface area contributed by atoms with E-state index in [1.165, 1.54) is 0 Å². The van der Waals surface area contributed by atoms with Crippen molar-refractivity contribution in [3.63, 3.8) is 0 Å². The first kappa shape index (κ1) is 12.5. The summed E-state index contributed by atoms with van der Waals surface area (Å²) in [6.07, 6.45) is 3.63. The van der Waals surface area contributed by atoms with Gasteiger partial charge in [0.2, 0.25) is 5.91 Å². The van der Waals surface area contributed by atoms with E-state index in [0.29, 0.717) is 6.54 Å². The molecule has 1 aromatic heterocycles. The molecule has 0 bridgehead atoms. The van der Waals surface area contributed by atoms with Crippen molar-refractivity contribution >= 4 is 16.7 Å². The van der Waals surface area contributed by atoms with Gasteiger partial charge in [-0.25, -0.2) is 0 Å². The van der Waals surface area contributed by atoms with Crippen LogP contribution in [0.1, 0.15) is 12.5 Å². The summed E-state index contributed by atoms with van der Waals surface area (Å²) in [6, 6.07) is 8.00. The first-order valence-corrected chi connectivity index (χ1v) is 5.98. The highest BCUT2D eigenvalue weighted by Gasteiger charge is 2.09. The van der Waals surface area contributed by atoms with Crippen LogP contribution in [0.2, 0.25) is 0 Å². The molecule has 1 unspecified atom stereocenters. The summed E-state index contributed by atoms with van der Waals surface area (Å²) in [5.74, 6) is -0.0000100. The first-order chi connectivity index (χ1) is 8.70. The number of nitrogens with one attached hydrogen (secondary N) is 2. The van der Waals surface area contributed by atoms with Crippen LogP contribution in [0.25, 0.3) is 10.8 Å². The Balaban J connectivity index is 2.06. The Morgan fingerprint density at radius 3 is 2.94 bits per heavy atom. The molecule has 1 aromatic carbocycles. The van der Waals surface area contributed by atoms with Gasteiger partial charge in [-0.15, -0.1) is 0 Å². The molecule has 0 saturated heterocycles. The van der Waals surface area contributed by atoms with Crippen LogP contribution in [0.15, 0.2) is 36.7 Å². The van der Waals surface area contributed by atoms with Gasteiger partial charge in [0.1, 0.15) is 0 Å². The number of hydrogen-bond donors (Lipinski definition) is 2. The number of aromatic nitrogens is 1. The number of carbonyl (C=O) groups excluding carboxylic acids is 1. The third-order valence-corrected chi connectivity index (χ3v) is 2.96. The van der Waals surface area contributed by atoms with Gasteiger partial charge in [0.15, 0.2) is 0 Å². The van der Waals surface area contributed by atoms with Gasteiger partial charge in [0, 0.05) is 31.4 Å². The van der Waals surface area contributed by atoms with Crippen molar-refractivity contribution in [2.24, 2.45) is 0 Å². The average Bonchev–Trinajstić information content (AvgIpc) is 2.43. The molecule has 4 heteroatoms. The lowest BCUT2D eigenvalue weighted by atomic mass is 10.1. The predicted molar refractivity (Wildman–Crippen MR) is 72.1 cm³/mol. The zero-order chi connectivity index (χ0) is 13.0. The van der Waals surface area contributed by atoms with E-state index < -0.39 is 0 Å². The summed E-state index contributed by atoms with van der Waals surface area (Å²) in [6.45, 7) is 2.52. The number of benzene rings is 1. The van der Waals surface area contributed by atoms with E-state index in [9.17, 15) is 4.79 Å². The molecule has 0 saturated carbocycles. The van der Waals surface area contributed by atoms with E-state index in [1.807, 2.05) is 31.3 Å². The third kappa shape index (κ3) is 2.84. The van der Waals surface area contributed by atoms with E-state index in [0.717, 1.165) is 16.3 Å². The predicted octanol–water partition coefficient (Wildman–Crippen LogP) is 1.46. The highest BCUT2D eigenvalue weighted by atomic mass is 16.2. The fraction of sp³-hybridized carbons (Fsp3) is 0.286. The van der Waals surface area contributed by atoms with E-state index in [1.54, 1.807) is 13.2 Å². The molecule has 2 rings (SSSR count). The molecule has 94 valence electrons. The van der Waals surface area contributed by atoms with Crippen LogP contribution in [0.4, 0.5) is 0 Å². The topological polar surface area (TPSA) is 54.0 Å². The van der Waals surface area contributed by atoms with E-state index in [4.69, 9.17) is 0 Å². The van der Waals surface area contributed by atoms with Gasteiger partial charge in [0.25, 0.3) is 0 Å². The van der Waals surface area contributed by atoms with Gasteiger partial charge in [-0.1, -0.05) is 12.1 Å². The number of hydrogen-bond acceptors (Lipinski definition) is 3. The molecule has 0 spiro atoms. The number of pyridine rings is 1. The maximum Gasteiger partial charge on any atom is 0.236 e. The maximum atomic E-state index is 11.4. The fourth-order valence-electron chi connectivity index (χ4n) is 1.82. The molecule has 0 aliphatic carbocycles. The minimum absolute atomic E-state index is 0.0000100. The summed E-state index contributed by atoms with van der Waals surface area (Å²) in [4.78, 5) is 15.4. The van der Waals surface area contributed by atoms with Gasteiger partial charge in [-0.3, -0.25) is 9.78 Å². The van der Waals surface area contributed by atoms with Crippen molar-refractivity contribution in [2.45, 2.75) is 19.5 Å². The van der Waals surface area contributed by atoms with Gasteiger partial charge in [0.05, 0.1) is 6.04 Å². The number of fused-ring (bicyclic) bond motifs is 1. The molecule has 2 aromatic rings. The van der Waals surface area contributed by atoms with Gasteiger partial charge in [-0.05, 0) is 30.0 Å². The molecule has 1 amide bonds. The van der Waals surface area contributed by atoms with Gasteiger partial charge in [-0.2, -0.15) is 0 Å². The lowest BCUT2D eigenvalue weighted by Gasteiger charge is -2.12. The van der Waals surface area contributed by atoms with Gasteiger partial charge >= 0.3 is 0 Å². The highest BCUT2D eigenvalue weighted by Crippen LogP contribution is 2.14. The number of carbonyl (C=O) groups is 1. The largest absolute Gasteiger partial charge is 0.358 e. The van der Waals surface area contributed by atoms with Crippen molar-refractivity contribution in [3.8, 4) is 0 Å². The summed E-state index contributed by atoms with van der Waals surface area (Å²) in [5, 5.41) is 8.10. The molecular formula is C14H17N3O. The molecular weight excluding hydrogens is 226 g/mol. The van der Waals surface area contributed by atoms with E-state index >= 15 is 0 Å². The Morgan fingerprint density at radius 2 is 2.17 bits per heavy atom. The zero-order valence-corrected chi connectivity index (χ0v) is 10.6. The summed E-state index contributed by atoms with van der Waals surface area (Å²) in [5.41, 5.74) is 1.16. The summed E-state index contributed by atoms with van der Waals surface area (Å²) in [7, 11) is 1.64. The van der Waals surface area contributed by atoms with Crippen LogP contribution in [-0.2, 0) is 11.3 Å². The van der Waals surface area contributed by atoms with Crippen molar-refractivity contribution in [1.82, 2.24) is 15.6 Å². The Kier molecular flexibility index (Phi) is 3.89. The third-order valence-electron chi connectivity index (χ3n) is 2.96. The SMILES string of the molecule is CNC(=O)C(C)NCc1ccc2cnccc2c1. The normalized spacial score (nSPS) is 12.3. The molecule has 1 atom stereocenters. The van der Waals surface area contributed by atoms with Crippen LogP contribution in [0.3, 0.4) is 0 Å². The minimum atomic E-state index is -0.192. The molecule has 0 aliphatic heterocycles. The smallest absolute Gasteiger partial charge is 0.236 e. The Morgan fingerprint density at radius 1 is 1.33 bits per heavy atom. The Hall–Kier alpha value is -1.94. The monoisotopic (exact) mass is 243 g/mol. The van der Waals surface area contributed by atoms with Crippen molar-refractivity contribution in [3.05, 3.63) is 42.2 Å². The number of rotatable bonds is 4. The van der Waals surface area contributed by atoms with Crippen molar-refractivity contribution < 1.29 is 4.79 Å². The van der Waals surface area contributed by atoms with Crippen LogP contribution < -0.4 is 10.6 Å². The average molecular weight is 243 g/mol. The Bertz CT molecular complexity index is 553. The molecule has 0 radical (unpaired) electrons. The maximum absolute atomic E-state index is 11.4. The van der Waals surface area contributed by atoms with Crippen LogP contribution in [0.5, 0.6) is 0 Å². The van der Waals surface area contributed by atoms with E-state index in [2.05, 4.69) is 21.7 Å². The second-order valence-electron chi connectivity index (χ2n) is 4.27. The summed E-state index contributed by atoms with van der Waals surface area (Å²) >= 11 is 0. The number of nitrogens with zero attached hydrogens (tertiary/aromatic N) is 1. The van der Waals surface area contributed by atoms with E-state index in [-0.39, 0.29) is 11.9 Å². The molecule has 0 fully saturated rings. The standard InChI is InChI=1S/C14H17N3O/c1-10(14(18)15-2)17-8-11-3-4-13-9-16-6-5-12(13)7-11/h3-7,9-10,17H,8H2,1-2H3,(H,15,18). The second-order valence-corrected chi connectivity index (χ2v) is 4.27. The zero-order valence-electron chi connectivity index (χ0n) is 10.6. The molecule has 1 heterocycles. The molecule has 2 N–H and O–H groups in total. The quantitative estimate of drug-likeness (QED) is 0.854. The number of amides is 1. The van der Waals surface area contributed by atoms with Crippen LogP contribution in [-0.4, -0.2) is 24.0 Å². The summed E-state index contributed by atoms with van der Waals surface area (Å²) < 4.78 is 0.